The first-order valence-electron chi connectivity index (χ1n) is 9.57. The summed E-state index contributed by atoms with van der Waals surface area (Å²) in [6, 6.07) is 6.84. The number of halogens is 1. The van der Waals surface area contributed by atoms with Crippen LogP contribution in [0, 0.1) is 6.92 Å². The molecule has 1 aromatic carbocycles. The Hall–Kier alpha value is -1.06. The summed E-state index contributed by atoms with van der Waals surface area (Å²) >= 11 is 0. The van der Waals surface area contributed by atoms with Crippen LogP contribution in [0.3, 0.4) is 0 Å². The van der Waals surface area contributed by atoms with Gasteiger partial charge in [-0.05, 0) is 51.9 Å². The first kappa shape index (κ1) is 24.0. The van der Waals surface area contributed by atoms with Gasteiger partial charge in [0.15, 0.2) is 5.96 Å². The van der Waals surface area contributed by atoms with Crippen LogP contribution < -0.4 is 15.4 Å². The Balaban J connectivity index is 0.00000364. The maximum atomic E-state index is 5.86. The summed E-state index contributed by atoms with van der Waals surface area (Å²) in [7, 11) is 3.88. The van der Waals surface area contributed by atoms with Crippen LogP contribution in [0.4, 0.5) is 0 Å². The van der Waals surface area contributed by atoms with Crippen molar-refractivity contribution in [3.63, 3.8) is 0 Å². The number of hydrogen-bond donors (Lipinski definition) is 2. The summed E-state index contributed by atoms with van der Waals surface area (Å²) in [4.78, 5) is 7.17. The molecule has 1 aliphatic rings. The highest BCUT2D eigenvalue weighted by Gasteiger charge is 2.20. The average Bonchev–Trinajstić information content (AvgIpc) is 3.04. The second-order valence-corrected chi connectivity index (χ2v) is 6.81. The second kappa shape index (κ2) is 13.2. The van der Waals surface area contributed by atoms with Crippen molar-refractivity contribution < 1.29 is 9.47 Å². The molecule has 1 saturated heterocycles. The van der Waals surface area contributed by atoms with Gasteiger partial charge in [0, 0.05) is 31.8 Å². The summed E-state index contributed by atoms with van der Waals surface area (Å²) in [5.74, 6) is 1.74. The number of benzene rings is 1. The third kappa shape index (κ3) is 8.23. The molecule has 154 valence electrons. The van der Waals surface area contributed by atoms with Gasteiger partial charge in [0.25, 0.3) is 0 Å². The second-order valence-electron chi connectivity index (χ2n) is 6.81. The highest BCUT2D eigenvalue weighted by Crippen LogP contribution is 2.21. The van der Waals surface area contributed by atoms with E-state index in [1.54, 1.807) is 7.11 Å². The normalized spacial score (nSPS) is 17.5. The molecule has 27 heavy (non-hydrogen) atoms. The van der Waals surface area contributed by atoms with E-state index in [4.69, 9.17) is 14.5 Å². The van der Waals surface area contributed by atoms with Crippen LogP contribution in [-0.4, -0.2) is 63.9 Å². The van der Waals surface area contributed by atoms with Crippen molar-refractivity contribution in [2.75, 3.05) is 47.0 Å². The lowest BCUT2D eigenvalue weighted by Gasteiger charge is -2.21. The quantitative estimate of drug-likeness (QED) is 0.241. The lowest BCUT2D eigenvalue weighted by molar-refractivity contribution is 0.145. The molecule has 2 rings (SSSR count). The Morgan fingerprint density at radius 2 is 2.11 bits per heavy atom. The summed E-state index contributed by atoms with van der Waals surface area (Å²) in [6.45, 7) is 8.82. The Morgan fingerprint density at radius 1 is 1.30 bits per heavy atom. The largest absolute Gasteiger partial charge is 0.491 e. The number of likely N-dealkylation sites (N-methyl/N-ethyl adjacent to an activating group) is 1. The molecule has 1 heterocycles. The van der Waals surface area contributed by atoms with Gasteiger partial charge in [-0.3, -0.25) is 0 Å². The molecular weight excluding hydrogens is 455 g/mol. The number of guanidine groups is 1. The topological polar surface area (TPSA) is 58.1 Å². The van der Waals surface area contributed by atoms with Gasteiger partial charge in [-0.2, -0.15) is 0 Å². The van der Waals surface area contributed by atoms with Gasteiger partial charge < -0.3 is 25.0 Å². The van der Waals surface area contributed by atoms with E-state index < -0.39 is 0 Å². The Morgan fingerprint density at radius 3 is 2.78 bits per heavy atom. The standard InChI is InChI=1S/C20H34N4O2.HI/c1-5-21-20(23-15-18-7-6-10-24(18)3)22-14-17-9-8-16(2)13-19(17)26-12-11-25-4;/h8-9,13,18H,5-7,10-12,14-15H2,1-4H3,(H2,21,22,23);1H. The van der Waals surface area contributed by atoms with Crippen LogP contribution in [0.5, 0.6) is 5.75 Å². The molecule has 1 atom stereocenters. The first-order chi connectivity index (χ1) is 12.6. The fraction of sp³-hybridized carbons (Fsp3) is 0.650. The van der Waals surface area contributed by atoms with Gasteiger partial charge in [-0.1, -0.05) is 12.1 Å². The number of methoxy groups -OCH3 is 1. The summed E-state index contributed by atoms with van der Waals surface area (Å²) in [5, 5.41) is 6.82. The SMILES string of the molecule is CCNC(=NCc1ccc(C)cc1OCCOC)NCC1CCCN1C.I. The van der Waals surface area contributed by atoms with E-state index in [-0.39, 0.29) is 24.0 Å². The van der Waals surface area contributed by atoms with E-state index in [1.165, 1.54) is 24.9 Å². The Bertz CT molecular complexity index is 583. The molecule has 1 fully saturated rings. The van der Waals surface area contributed by atoms with Gasteiger partial charge in [-0.15, -0.1) is 24.0 Å². The lowest BCUT2D eigenvalue weighted by Crippen LogP contribution is -2.44. The molecule has 0 bridgehead atoms. The van der Waals surface area contributed by atoms with Gasteiger partial charge >= 0.3 is 0 Å². The maximum absolute atomic E-state index is 5.86. The number of nitrogens with zero attached hydrogens (tertiary/aromatic N) is 2. The van der Waals surface area contributed by atoms with E-state index in [1.807, 2.05) is 0 Å². The molecule has 1 unspecified atom stereocenters. The van der Waals surface area contributed by atoms with Crippen molar-refractivity contribution in [1.82, 2.24) is 15.5 Å². The van der Waals surface area contributed by atoms with Crippen molar-refractivity contribution in [3.05, 3.63) is 29.3 Å². The Labute approximate surface area is 181 Å². The maximum Gasteiger partial charge on any atom is 0.191 e. The predicted octanol–water partition coefficient (Wildman–Crippen LogP) is 2.79. The van der Waals surface area contributed by atoms with Crippen LogP contribution in [0.15, 0.2) is 23.2 Å². The third-order valence-electron chi connectivity index (χ3n) is 4.70. The predicted molar refractivity (Wildman–Crippen MR) is 122 cm³/mol. The number of aryl methyl sites for hydroxylation is 1. The van der Waals surface area contributed by atoms with Crippen molar-refractivity contribution in [2.24, 2.45) is 4.99 Å². The molecule has 0 amide bonds. The van der Waals surface area contributed by atoms with Crippen LogP contribution in [-0.2, 0) is 11.3 Å². The zero-order valence-electron chi connectivity index (χ0n) is 17.1. The van der Waals surface area contributed by atoms with E-state index in [0.29, 0.717) is 25.8 Å². The van der Waals surface area contributed by atoms with Crippen LogP contribution in [0.1, 0.15) is 30.9 Å². The average molecular weight is 490 g/mol. The molecule has 2 N–H and O–H groups in total. The first-order valence-corrected chi connectivity index (χ1v) is 9.57. The fourth-order valence-corrected chi connectivity index (χ4v) is 3.12. The van der Waals surface area contributed by atoms with E-state index in [2.05, 4.69) is 54.6 Å². The number of nitrogens with one attached hydrogen (secondary N) is 2. The molecule has 0 aliphatic carbocycles. The minimum Gasteiger partial charge on any atom is -0.491 e. The molecule has 0 radical (unpaired) electrons. The monoisotopic (exact) mass is 490 g/mol. The highest BCUT2D eigenvalue weighted by atomic mass is 127. The Kier molecular flexibility index (Phi) is 11.7. The third-order valence-corrected chi connectivity index (χ3v) is 4.70. The van der Waals surface area contributed by atoms with Crippen molar-refractivity contribution in [1.29, 1.82) is 0 Å². The van der Waals surface area contributed by atoms with Gasteiger partial charge in [-0.25, -0.2) is 4.99 Å². The zero-order valence-corrected chi connectivity index (χ0v) is 19.4. The zero-order chi connectivity index (χ0) is 18.8. The molecule has 6 nitrogen and oxygen atoms in total. The van der Waals surface area contributed by atoms with Crippen molar-refractivity contribution in [2.45, 2.75) is 39.3 Å². The number of likely N-dealkylation sites (tertiary alicyclic amines) is 1. The summed E-state index contributed by atoms with van der Waals surface area (Å²) in [5.41, 5.74) is 2.27. The van der Waals surface area contributed by atoms with Crippen LogP contribution >= 0.6 is 24.0 Å². The number of rotatable bonds is 9. The molecule has 0 aromatic heterocycles. The van der Waals surface area contributed by atoms with E-state index >= 15 is 0 Å². The van der Waals surface area contributed by atoms with Crippen LogP contribution in [0.25, 0.3) is 0 Å². The number of hydrogen-bond acceptors (Lipinski definition) is 4. The van der Waals surface area contributed by atoms with Gasteiger partial charge in [0.2, 0.25) is 0 Å². The van der Waals surface area contributed by atoms with Gasteiger partial charge in [0.05, 0.1) is 13.2 Å². The van der Waals surface area contributed by atoms with E-state index in [0.717, 1.165) is 30.4 Å². The molecule has 0 saturated carbocycles. The van der Waals surface area contributed by atoms with Gasteiger partial charge in [0.1, 0.15) is 12.4 Å². The summed E-state index contributed by atoms with van der Waals surface area (Å²) in [6.07, 6.45) is 2.53. The minimum absolute atomic E-state index is 0. The van der Waals surface area contributed by atoms with Crippen molar-refractivity contribution in [3.8, 4) is 5.75 Å². The number of ether oxygens (including phenoxy) is 2. The molecule has 1 aromatic rings. The number of aliphatic imine (C=N–C) groups is 1. The lowest BCUT2D eigenvalue weighted by atomic mass is 10.1. The minimum atomic E-state index is 0. The van der Waals surface area contributed by atoms with Crippen LogP contribution in [0.2, 0.25) is 0 Å². The fourth-order valence-electron chi connectivity index (χ4n) is 3.12. The molecular formula is C20H35IN4O2. The smallest absolute Gasteiger partial charge is 0.191 e. The highest BCUT2D eigenvalue weighted by molar-refractivity contribution is 14.0. The summed E-state index contributed by atoms with van der Waals surface area (Å²) < 4.78 is 10.9. The molecule has 1 aliphatic heterocycles. The van der Waals surface area contributed by atoms with E-state index in [9.17, 15) is 0 Å². The molecule has 0 spiro atoms. The van der Waals surface area contributed by atoms with Crippen molar-refractivity contribution >= 4 is 29.9 Å². The molecule has 7 heteroatoms.